The van der Waals surface area contributed by atoms with E-state index in [1.54, 1.807) is 6.07 Å². The molecule has 0 radical (unpaired) electrons. The van der Waals surface area contributed by atoms with Gasteiger partial charge in [-0.3, -0.25) is 9.59 Å². The number of carbonyl (C=O) groups excluding carboxylic acids is 2. The van der Waals surface area contributed by atoms with E-state index in [1.165, 1.54) is 55.2 Å². The van der Waals surface area contributed by atoms with Gasteiger partial charge < -0.3 is 10.6 Å². The number of hydrogen-bond acceptors (Lipinski definition) is 4. The largest absolute Gasteiger partial charge is 0.365 e. The average molecular weight is 310 g/mol. The minimum Gasteiger partial charge on any atom is -0.365 e. The minimum absolute atomic E-state index is 0.155. The van der Waals surface area contributed by atoms with Crippen molar-refractivity contribution in [3.8, 4) is 0 Å². The molecular formula is C14H18N2O2S2. The number of carbonyl (C=O) groups is 2. The molecule has 2 heterocycles. The van der Waals surface area contributed by atoms with Crippen LogP contribution < -0.4 is 10.6 Å². The van der Waals surface area contributed by atoms with Crippen LogP contribution in [0.4, 0.5) is 5.69 Å². The summed E-state index contributed by atoms with van der Waals surface area (Å²) in [7, 11) is 0. The smallest absolute Gasteiger partial charge is 0.258 e. The molecule has 0 saturated heterocycles. The predicted octanol–water partition coefficient (Wildman–Crippen LogP) is 2.87. The molecule has 1 fully saturated rings. The molecule has 3 rings (SSSR count). The Bertz CT molecular complexity index is 535. The third-order valence-electron chi connectivity index (χ3n) is 4.01. The van der Waals surface area contributed by atoms with Gasteiger partial charge in [0, 0.05) is 6.54 Å². The Morgan fingerprint density at radius 2 is 2.10 bits per heavy atom. The summed E-state index contributed by atoms with van der Waals surface area (Å²) in [5.41, 5.74) is 6.25. The van der Waals surface area contributed by atoms with Gasteiger partial charge >= 0.3 is 0 Å². The molecule has 1 aromatic rings. The fourth-order valence-corrected chi connectivity index (χ4v) is 5.10. The maximum atomic E-state index is 12.2. The Morgan fingerprint density at radius 1 is 1.35 bits per heavy atom. The van der Waals surface area contributed by atoms with Gasteiger partial charge in [0.05, 0.1) is 20.5 Å². The van der Waals surface area contributed by atoms with Crippen LogP contribution in [-0.4, -0.2) is 24.1 Å². The van der Waals surface area contributed by atoms with Crippen LogP contribution in [0.2, 0.25) is 0 Å². The van der Waals surface area contributed by atoms with Crippen LogP contribution in [0.3, 0.4) is 0 Å². The molecule has 1 aliphatic carbocycles. The second-order valence-corrected chi connectivity index (χ2v) is 7.74. The third-order valence-corrected chi connectivity index (χ3v) is 6.41. The highest BCUT2D eigenvalue weighted by molar-refractivity contribution is 8.02. The van der Waals surface area contributed by atoms with Crippen molar-refractivity contribution in [1.29, 1.82) is 0 Å². The van der Waals surface area contributed by atoms with Crippen LogP contribution in [0.1, 0.15) is 41.8 Å². The first kappa shape index (κ1) is 13.9. The zero-order chi connectivity index (χ0) is 14.1. The van der Waals surface area contributed by atoms with Crippen LogP contribution in [0.5, 0.6) is 0 Å². The maximum Gasteiger partial charge on any atom is 0.258 e. The summed E-state index contributed by atoms with van der Waals surface area (Å²) in [6.07, 6.45) is 6.27. The van der Waals surface area contributed by atoms with E-state index in [1.807, 2.05) is 4.90 Å². The maximum absolute atomic E-state index is 12.2. The fourth-order valence-electron chi connectivity index (χ4n) is 2.95. The van der Waals surface area contributed by atoms with Crippen LogP contribution in [-0.2, 0) is 4.79 Å². The lowest BCUT2D eigenvalue weighted by Crippen LogP contribution is -2.39. The van der Waals surface area contributed by atoms with Crippen molar-refractivity contribution < 1.29 is 9.59 Å². The lowest BCUT2D eigenvalue weighted by Gasteiger charge is -2.32. The molecule has 0 unspecified atom stereocenters. The van der Waals surface area contributed by atoms with Gasteiger partial charge in [-0.05, 0) is 24.8 Å². The van der Waals surface area contributed by atoms with E-state index in [0.717, 1.165) is 16.4 Å². The van der Waals surface area contributed by atoms with E-state index >= 15 is 0 Å². The van der Waals surface area contributed by atoms with Crippen molar-refractivity contribution >= 4 is 40.6 Å². The van der Waals surface area contributed by atoms with Gasteiger partial charge in [0.2, 0.25) is 5.91 Å². The number of anilines is 1. The summed E-state index contributed by atoms with van der Waals surface area (Å²) < 4.78 is 1.05. The number of nitrogens with two attached hydrogens (primary N) is 1. The quantitative estimate of drug-likeness (QED) is 0.933. The zero-order valence-electron chi connectivity index (χ0n) is 11.3. The molecule has 6 heteroatoms. The molecule has 1 aromatic heterocycles. The van der Waals surface area contributed by atoms with Gasteiger partial charge in [0.25, 0.3) is 5.91 Å². The Kier molecular flexibility index (Phi) is 4.03. The Hall–Kier alpha value is -1.01. The summed E-state index contributed by atoms with van der Waals surface area (Å²) in [6, 6.07) is 1.79. The lowest BCUT2D eigenvalue weighted by atomic mass is 9.89. The number of primary amides is 1. The summed E-state index contributed by atoms with van der Waals surface area (Å²) in [5, 5.41) is 0. The van der Waals surface area contributed by atoms with Gasteiger partial charge in [-0.25, -0.2) is 0 Å². The number of hydrogen-bond donors (Lipinski definition) is 1. The number of amides is 2. The first-order valence-corrected chi connectivity index (χ1v) is 8.82. The highest BCUT2D eigenvalue weighted by Gasteiger charge is 2.30. The monoisotopic (exact) mass is 310 g/mol. The molecule has 0 aromatic carbocycles. The van der Waals surface area contributed by atoms with Crippen LogP contribution in [0.25, 0.3) is 0 Å². The minimum atomic E-state index is -0.407. The normalized spacial score (nSPS) is 20.0. The molecule has 0 bridgehead atoms. The summed E-state index contributed by atoms with van der Waals surface area (Å²) in [4.78, 5) is 25.9. The zero-order valence-corrected chi connectivity index (χ0v) is 12.9. The molecule has 2 N–H and O–H groups in total. The second-order valence-electron chi connectivity index (χ2n) is 5.44. The first-order valence-electron chi connectivity index (χ1n) is 7.02. The molecule has 4 nitrogen and oxygen atoms in total. The molecule has 108 valence electrons. The van der Waals surface area contributed by atoms with Gasteiger partial charge in [-0.15, -0.1) is 23.1 Å². The van der Waals surface area contributed by atoms with Crippen LogP contribution in [0.15, 0.2) is 10.3 Å². The van der Waals surface area contributed by atoms with Crippen molar-refractivity contribution in [3.63, 3.8) is 0 Å². The molecule has 2 aliphatic rings. The predicted molar refractivity (Wildman–Crippen MR) is 82.5 cm³/mol. The van der Waals surface area contributed by atoms with Crippen molar-refractivity contribution in [3.05, 3.63) is 10.9 Å². The number of thioether (sulfide) groups is 1. The third kappa shape index (κ3) is 2.72. The van der Waals surface area contributed by atoms with Gasteiger partial charge in [0.1, 0.15) is 0 Å². The van der Waals surface area contributed by atoms with E-state index < -0.39 is 5.91 Å². The molecule has 0 atom stereocenters. The number of rotatable bonds is 3. The van der Waals surface area contributed by atoms with E-state index in [4.69, 9.17) is 5.73 Å². The Balaban J connectivity index is 1.83. The highest BCUT2D eigenvalue weighted by Crippen LogP contribution is 2.42. The lowest BCUT2D eigenvalue weighted by molar-refractivity contribution is -0.116. The van der Waals surface area contributed by atoms with E-state index in [2.05, 4.69) is 0 Å². The van der Waals surface area contributed by atoms with Crippen LogP contribution in [0, 0.1) is 5.92 Å². The number of nitrogens with zero attached hydrogens (tertiary/aromatic N) is 1. The SMILES string of the molecule is NC(=O)c1cc2c(s1)SCC(=O)N2CC1CCCCC1. The fraction of sp³-hybridized carbons (Fsp3) is 0.571. The van der Waals surface area contributed by atoms with Crippen LogP contribution >= 0.6 is 23.1 Å². The number of fused-ring (bicyclic) bond motifs is 1. The first-order chi connectivity index (χ1) is 9.65. The summed E-state index contributed by atoms with van der Waals surface area (Å²) in [6.45, 7) is 0.793. The van der Waals surface area contributed by atoms with E-state index in [-0.39, 0.29) is 5.91 Å². The molecule has 20 heavy (non-hydrogen) atoms. The van der Waals surface area contributed by atoms with Gasteiger partial charge in [-0.2, -0.15) is 0 Å². The van der Waals surface area contributed by atoms with Crippen molar-refractivity contribution in [2.24, 2.45) is 11.7 Å². The van der Waals surface area contributed by atoms with Gasteiger partial charge in [0.15, 0.2) is 0 Å². The molecule has 1 aliphatic heterocycles. The topological polar surface area (TPSA) is 63.4 Å². The summed E-state index contributed by atoms with van der Waals surface area (Å²) in [5.74, 6) is 0.816. The highest BCUT2D eigenvalue weighted by atomic mass is 32.2. The molecule has 1 saturated carbocycles. The molecule has 2 amide bonds. The van der Waals surface area contributed by atoms with Crippen molar-refractivity contribution in [1.82, 2.24) is 0 Å². The van der Waals surface area contributed by atoms with E-state index in [0.29, 0.717) is 16.5 Å². The average Bonchev–Trinajstić information content (AvgIpc) is 2.88. The van der Waals surface area contributed by atoms with Crippen molar-refractivity contribution in [2.75, 3.05) is 17.2 Å². The summed E-state index contributed by atoms with van der Waals surface area (Å²) >= 11 is 2.93. The standard InChI is InChI=1S/C14H18N2O2S2/c15-13(18)11-6-10-14(20-11)19-8-12(17)16(10)7-9-4-2-1-3-5-9/h6,9H,1-5,7-8H2,(H2,15,18). The second kappa shape index (κ2) is 5.77. The Labute approximate surface area is 126 Å². The molecular weight excluding hydrogens is 292 g/mol. The van der Waals surface area contributed by atoms with Crippen molar-refractivity contribution in [2.45, 2.75) is 36.3 Å². The number of thiophene rings is 1. The Morgan fingerprint density at radius 3 is 2.80 bits per heavy atom. The van der Waals surface area contributed by atoms with Gasteiger partial charge in [-0.1, -0.05) is 19.3 Å². The van der Waals surface area contributed by atoms with E-state index in [9.17, 15) is 9.59 Å². The molecule has 0 spiro atoms.